The number of nitrogens with zero attached hydrogens (tertiary/aromatic N) is 3. The molecule has 7 nitrogen and oxygen atoms in total. The van der Waals surface area contributed by atoms with Crippen molar-refractivity contribution in [2.24, 2.45) is 5.41 Å². The Bertz CT molecular complexity index is 1000. The molecule has 0 radical (unpaired) electrons. The maximum Gasteiger partial charge on any atom is 0.433 e. The fourth-order valence-electron chi connectivity index (χ4n) is 4.55. The van der Waals surface area contributed by atoms with Gasteiger partial charge in [-0.3, -0.25) is 14.6 Å². The highest BCUT2D eigenvalue weighted by atomic mass is 19.4. The second-order valence-electron chi connectivity index (χ2n) is 8.57. The van der Waals surface area contributed by atoms with Crippen LogP contribution in [0.15, 0.2) is 30.7 Å². The Kier molecular flexibility index (Phi) is 5.38. The molecule has 2 aromatic rings. The molecule has 3 saturated carbocycles. The number of hydrogen-bond donors (Lipinski definition) is 1. The molecule has 32 heavy (non-hydrogen) atoms. The van der Waals surface area contributed by atoms with E-state index in [-0.39, 0.29) is 46.9 Å². The van der Waals surface area contributed by atoms with Crippen molar-refractivity contribution in [3.8, 4) is 5.75 Å². The summed E-state index contributed by atoms with van der Waals surface area (Å²) in [5.41, 5.74) is -1.24. The smallest absolute Gasteiger partial charge is 0.433 e. The number of aromatic nitrogens is 3. The van der Waals surface area contributed by atoms with Crippen molar-refractivity contribution in [1.29, 1.82) is 0 Å². The first-order valence-electron chi connectivity index (χ1n) is 9.96. The first-order valence-corrected chi connectivity index (χ1v) is 9.96. The van der Waals surface area contributed by atoms with Crippen LogP contribution < -0.4 is 10.1 Å². The minimum absolute atomic E-state index is 0.0575. The van der Waals surface area contributed by atoms with Gasteiger partial charge in [-0.2, -0.15) is 13.2 Å². The maximum absolute atomic E-state index is 13.2. The van der Waals surface area contributed by atoms with E-state index < -0.39 is 23.9 Å². The molecule has 0 saturated heterocycles. The van der Waals surface area contributed by atoms with Gasteiger partial charge in [-0.15, -0.1) is 0 Å². The molecule has 0 aliphatic heterocycles. The molecule has 170 valence electrons. The van der Waals surface area contributed by atoms with Crippen LogP contribution in [0.2, 0.25) is 0 Å². The van der Waals surface area contributed by atoms with Crippen LogP contribution in [0.25, 0.3) is 0 Å². The van der Waals surface area contributed by atoms with Gasteiger partial charge in [0, 0.05) is 12.0 Å². The molecule has 1 amide bonds. The highest BCUT2D eigenvalue weighted by Crippen LogP contribution is 2.69. The van der Waals surface area contributed by atoms with Crippen molar-refractivity contribution >= 4 is 11.7 Å². The number of hydrogen-bond acceptors (Lipinski definition) is 6. The standard InChI is InChI=1S/C21H20F4N4O3/c1-12(22)14-6-27-15(7-26-14)16(30)4-19-9-20(10-19,11-19)29-18(31)8-32-13-2-3-17(28-5-13)21(23,24)25/h2-3,5-7,12H,4,8-11H2,1H3,(H,29,31). The number of pyridine rings is 1. The molecule has 3 fully saturated rings. The van der Waals surface area contributed by atoms with Crippen molar-refractivity contribution in [3.05, 3.63) is 47.8 Å². The summed E-state index contributed by atoms with van der Waals surface area (Å²) in [6.07, 6.45) is -0.130. The third kappa shape index (κ3) is 4.42. The average molecular weight is 452 g/mol. The molecule has 3 aliphatic carbocycles. The fourth-order valence-corrected chi connectivity index (χ4v) is 4.55. The number of nitrogens with one attached hydrogen (secondary N) is 1. The molecule has 2 aromatic heterocycles. The van der Waals surface area contributed by atoms with E-state index >= 15 is 0 Å². The lowest BCUT2D eigenvalue weighted by Gasteiger charge is -2.70. The van der Waals surface area contributed by atoms with E-state index in [2.05, 4.69) is 20.3 Å². The minimum Gasteiger partial charge on any atom is -0.482 e. The van der Waals surface area contributed by atoms with E-state index in [9.17, 15) is 27.2 Å². The van der Waals surface area contributed by atoms with Crippen LogP contribution in [0.3, 0.4) is 0 Å². The topological polar surface area (TPSA) is 94.1 Å². The molecular weight excluding hydrogens is 432 g/mol. The Balaban J connectivity index is 1.22. The summed E-state index contributed by atoms with van der Waals surface area (Å²) in [6.45, 7) is 0.988. The second kappa shape index (κ2) is 7.79. The molecule has 2 bridgehead atoms. The number of Topliss-reactive ketones (excluding diaryl/α,β-unsaturated/α-hetero) is 1. The van der Waals surface area contributed by atoms with Gasteiger partial charge in [0.2, 0.25) is 0 Å². The fraction of sp³-hybridized carbons (Fsp3) is 0.476. The zero-order valence-electron chi connectivity index (χ0n) is 17.1. The Morgan fingerprint density at radius 1 is 1.12 bits per heavy atom. The van der Waals surface area contributed by atoms with E-state index in [1.807, 2.05) is 0 Å². The molecule has 3 aliphatic rings. The molecule has 1 N–H and O–H groups in total. The van der Waals surface area contributed by atoms with Gasteiger partial charge in [-0.05, 0) is 43.7 Å². The molecule has 2 heterocycles. The van der Waals surface area contributed by atoms with Crippen LogP contribution in [0, 0.1) is 5.41 Å². The van der Waals surface area contributed by atoms with Crippen LogP contribution >= 0.6 is 0 Å². The SMILES string of the molecule is CC(F)c1cnc(C(=O)CC23CC(NC(=O)COc4ccc(C(F)(F)F)nc4)(C2)C3)cn1. The Morgan fingerprint density at radius 3 is 2.38 bits per heavy atom. The average Bonchev–Trinajstić information content (AvgIpc) is 2.69. The van der Waals surface area contributed by atoms with E-state index in [0.29, 0.717) is 19.3 Å². The number of carbonyl (C=O) groups excluding carboxylic acids is 2. The highest BCUT2D eigenvalue weighted by molar-refractivity contribution is 5.94. The Morgan fingerprint density at radius 2 is 1.84 bits per heavy atom. The van der Waals surface area contributed by atoms with Gasteiger partial charge in [0.05, 0.1) is 24.3 Å². The maximum atomic E-state index is 13.2. The molecule has 1 atom stereocenters. The van der Waals surface area contributed by atoms with Crippen LogP contribution in [-0.4, -0.2) is 38.8 Å². The minimum atomic E-state index is -4.54. The Labute approximate surface area is 180 Å². The molecule has 11 heteroatoms. The molecule has 1 unspecified atom stereocenters. The van der Waals surface area contributed by atoms with E-state index in [4.69, 9.17) is 4.74 Å². The number of halogens is 4. The van der Waals surface area contributed by atoms with Gasteiger partial charge in [0.15, 0.2) is 12.4 Å². The van der Waals surface area contributed by atoms with Crippen LogP contribution in [-0.2, 0) is 11.0 Å². The van der Waals surface area contributed by atoms with Crippen molar-refractivity contribution in [2.45, 2.75) is 50.5 Å². The summed E-state index contributed by atoms with van der Waals surface area (Å²) in [5, 5.41) is 2.88. The number of alkyl halides is 4. The second-order valence-corrected chi connectivity index (χ2v) is 8.57. The number of rotatable bonds is 8. The third-order valence-corrected chi connectivity index (χ3v) is 5.84. The van der Waals surface area contributed by atoms with Crippen LogP contribution in [0.1, 0.15) is 60.7 Å². The van der Waals surface area contributed by atoms with Crippen LogP contribution in [0.4, 0.5) is 17.6 Å². The van der Waals surface area contributed by atoms with Gasteiger partial charge in [0.25, 0.3) is 5.91 Å². The van der Waals surface area contributed by atoms with Crippen molar-refractivity contribution in [3.63, 3.8) is 0 Å². The normalized spacial score (nSPS) is 24.7. The lowest BCUT2D eigenvalue weighted by molar-refractivity contribution is -0.164. The number of carbonyl (C=O) groups is 2. The number of ether oxygens (including phenoxy) is 1. The number of amides is 1. The van der Waals surface area contributed by atoms with E-state index in [1.54, 1.807) is 0 Å². The lowest BCUT2D eigenvalue weighted by atomic mass is 9.38. The van der Waals surface area contributed by atoms with E-state index in [0.717, 1.165) is 18.3 Å². The third-order valence-electron chi connectivity index (χ3n) is 5.84. The predicted octanol–water partition coefficient (Wildman–Crippen LogP) is 3.61. The molecule has 5 rings (SSSR count). The molecule has 0 spiro atoms. The summed E-state index contributed by atoms with van der Waals surface area (Å²) in [7, 11) is 0. The predicted molar refractivity (Wildman–Crippen MR) is 102 cm³/mol. The van der Waals surface area contributed by atoms with E-state index in [1.165, 1.54) is 19.3 Å². The van der Waals surface area contributed by atoms with Crippen molar-refractivity contribution < 1.29 is 31.9 Å². The zero-order chi connectivity index (χ0) is 23.1. The van der Waals surface area contributed by atoms with Gasteiger partial charge in [-0.25, -0.2) is 14.4 Å². The highest BCUT2D eigenvalue weighted by Gasteiger charge is 2.68. The van der Waals surface area contributed by atoms with Gasteiger partial charge < -0.3 is 10.1 Å². The van der Waals surface area contributed by atoms with Gasteiger partial charge in [0.1, 0.15) is 23.3 Å². The van der Waals surface area contributed by atoms with Gasteiger partial charge >= 0.3 is 6.18 Å². The summed E-state index contributed by atoms with van der Waals surface area (Å²) in [6, 6.07) is 1.89. The summed E-state index contributed by atoms with van der Waals surface area (Å²) in [4.78, 5) is 35.8. The number of ketones is 1. The molecule has 0 aromatic carbocycles. The summed E-state index contributed by atoms with van der Waals surface area (Å²) < 4.78 is 55.9. The first-order chi connectivity index (χ1) is 15.0. The summed E-state index contributed by atoms with van der Waals surface area (Å²) >= 11 is 0. The summed E-state index contributed by atoms with van der Waals surface area (Å²) in [5.74, 6) is -0.512. The zero-order valence-corrected chi connectivity index (χ0v) is 17.1. The quantitative estimate of drug-likeness (QED) is 0.486. The largest absolute Gasteiger partial charge is 0.482 e. The Hall–Kier alpha value is -3.11. The van der Waals surface area contributed by atoms with Crippen LogP contribution in [0.5, 0.6) is 5.75 Å². The monoisotopic (exact) mass is 452 g/mol. The van der Waals surface area contributed by atoms with Gasteiger partial charge in [-0.1, -0.05) is 0 Å². The lowest BCUT2D eigenvalue weighted by Crippen LogP contribution is -2.75. The molecular formula is C21H20F4N4O3. The van der Waals surface area contributed by atoms with Crippen molar-refractivity contribution in [1.82, 2.24) is 20.3 Å². The van der Waals surface area contributed by atoms with Crippen molar-refractivity contribution in [2.75, 3.05) is 6.61 Å². The first kappa shape index (κ1) is 22.1.